The average Bonchev–Trinajstić information content (AvgIpc) is 3.07. The van der Waals surface area contributed by atoms with Gasteiger partial charge in [-0.25, -0.2) is 0 Å². The molecule has 0 aliphatic carbocycles. The number of methoxy groups -OCH3 is 2. The largest absolute Gasteiger partial charge is 0.497 e. The maximum absolute atomic E-state index is 12.7. The summed E-state index contributed by atoms with van der Waals surface area (Å²) in [4.78, 5) is 25.2. The van der Waals surface area contributed by atoms with Gasteiger partial charge in [0.1, 0.15) is 10.6 Å². The predicted molar refractivity (Wildman–Crippen MR) is 117 cm³/mol. The van der Waals surface area contributed by atoms with Gasteiger partial charge in [-0.05, 0) is 48.9 Å². The predicted octanol–water partition coefficient (Wildman–Crippen LogP) is 4.58. The average molecular weight is 433 g/mol. The quantitative estimate of drug-likeness (QED) is 0.511. The second kappa shape index (κ2) is 9.73. The Balaban J connectivity index is 1.67. The van der Waals surface area contributed by atoms with Crippen LogP contribution in [0.15, 0.2) is 42.5 Å². The number of ether oxygens (including phenoxy) is 2. The fraction of sp³-hybridized carbons (Fsp3) is 0.238. The summed E-state index contributed by atoms with van der Waals surface area (Å²) in [5.74, 6) is 0.242. The maximum atomic E-state index is 12.7. The molecule has 29 heavy (non-hydrogen) atoms. The van der Waals surface area contributed by atoms with Crippen LogP contribution in [0.2, 0.25) is 5.02 Å². The molecule has 0 atom stereocenters. The highest BCUT2D eigenvalue weighted by molar-refractivity contribution is 7.21. The van der Waals surface area contributed by atoms with Crippen LogP contribution in [0.1, 0.15) is 26.5 Å². The number of thiophene rings is 1. The summed E-state index contributed by atoms with van der Waals surface area (Å²) in [7, 11) is 3.21. The Bertz CT molecular complexity index is 1020. The van der Waals surface area contributed by atoms with Crippen molar-refractivity contribution in [2.75, 3.05) is 32.7 Å². The van der Waals surface area contributed by atoms with Crippen LogP contribution in [0, 0.1) is 0 Å². The molecule has 0 bridgehead atoms. The fourth-order valence-electron chi connectivity index (χ4n) is 2.73. The molecule has 2 amide bonds. The van der Waals surface area contributed by atoms with Gasteiger partial charge < -0.3 is 20.1 Å². The van der Waals surface area contributed by atoms with Gasteiger partial charge in [0.25, 0.3) is 11.8 Å². The first-order chi connectivity index (χ1) is 14.0. The normalized spacial score (nSPS) is 10.7. The zero-order valence-corrected chi connectivity index (χ0v) is 17.7. The van der Waals surface area contributed by atoms with E-state index in [2.05, 4.69) is 10.6 Å². The number of hydrogen-bond donors (Lipinski definition) is 2. The first-order valence-corrected chi connectivity index (χ1v) is 10.2. The first-order valence-electron chi connectivity index (χ1n) is 8.98. The summed E-state index contributed by atoms with van der Waals surface area (Å²) in [6, 6.07) is 12.2. The van der Waals surface area contributed by atoms with E-state index in [0.29, 0.717) is 40.1 Å². The van der Waals surface area contributed by atoms with E-state index in [1.807, 2.05) is 18.2 Å². The second-order valence-electron chi connectivity index (χ2n) is 6.24. The van der Waals surface area contributed by atoms with E-state index < -0.39 is 0 Å². The van der Waals surface area contributed by atoms with Crippen LogP contribution >= 0.6 is 22.9 Å². The van der Waals surface area contributed by atoms with E-state index >= 15 is 0 Å². The molecule has 0 aliphatic heterocycles. The molecule has 6 nitrogen and oxygen atoms in total. The Labute approximate surface area is 177 Å². The summed E-state index contributed by atoms with van der Waals surface area (Å²) in [6.45, 7) is 1.14. The molecule has 0 saturated heterocycles. The van der Waals surface area contributed by atoms with E-state index in [4.69, 9.17) is 21.1 Å². The molecule has 3 aromatic rings. The van der Waals surface area contributed by atoms with Crippen LogP contribution in [-0.2, 0) is 4.74 Å². The molecule has 0 saturated carbocycles. The number of rotatable bonds is 8. The Hall–Kier alpha value is -2.61. The van der Waals surface area contributed by atoms with E-state index in [0.717, 1.165) is 16.5 Å². The van der Waals surface area contributed by atoms with Gasteiger partial charge in [-0.1, -0.05) is 11.6 Å². The molecule has 0 fully saturated rings. The van der Waals surface area contributed by atoms with Crippen molar-refractivity contribution < 1.29 is 19.1 Å². The number of fused-ring (bicyclic) bond motifs is 1. The van der Waals surface area contributed by atoms with Crippen molar-refractivity contribution in [2.24, 2.45) is 0 Å². The molecular formula is C21H21ClN2O4S. The highest BCUT2D eigenvalue weighted by atomic mass is 35.5. The van der Waals surface area contributed by atoms with Crippen molar-refractivity contribution >= 4 is 50.5 Å². The van der Waals surface area contributed by atoms with Crippen LogP contribution in [0.5, 0.6) is 5.75 Å². The van der Waals surface area contributed by atoms with Gasteiger partial charge in [0.2, 0.25) is 0 Å². The summed E-state index contributed by atoms with van der Waals surface area (Å²) in [6.07, 6.45) is 0.748. The molecule has 8 heteroatoms. The maximum Gasteiger partial charge on any atom is 0.267 e. The molecule has 2 N–H and O–H groups in total. The third-order valence-corrected chi connectivity index (χ3v) is 5.91. The van der Waals surface area contributed by atoms with Crippen LogP contribution in [0.4, 0.5) is 5.69 Å². The Morgan fingerprint density at radius 1 is 1.07 bits per heavy atom. The summed E-state index contributed by atoms with van der Waals surface area (Å²) < 4.78 is 11.0. The zero-order valence-electron chi connectivity index (χ0n) is 16.1. The van der Waals surface area contributed by atoms with Crippen molar-refractivity contribution in [3.05, 3.63) is 57.9 Å². The van der Waals surface area contributed by atoms with E-state index in [-0.39, 0.29) is 11.8 Å². The van der Waals surface area contributed by atoms with Crippen LogP contribution in [-0.4, -0.2) is 39.2 Å². The van der Waals surface area contributed by atoms with Gasteiger partial charge >= 0.3 is 0 Å². The van der Waals surface area contributed by atoms with Gasteiger partial charge in [0.15, 0.2) is 0 Å². The lowest BCUT2D eigenvalue weighted by molar-refractivity contribution is 0.0948. The number of halogens is 1. The summed E-state index contributed by atoms with van der Waals surface area (Å²) in [5, 5.41) is 6.86. The van der Waals surface area contributed by atoms with Crippen LogP contribution in [0.25, 0.3) is 10.1 Å². The minimum absolute atomic E-state index is 0.166. The van der Waals surface area contributed by atoms with E-state index in [1.165, 1.54) is 11.3 Å². The van der Waals surface area contributed by atoms with Crippen molar-refractivity contribution in [3.8, 4) is 5.75 Å². The van der Waals surface area contributed by atoms with Gasteiger partial charge in [0.05, 0.1) is 12.1 Å². The minimum Gasteiger partial charge on any atom is -0.497 e. The SMILES string of the molecule is COCCCNC(=O)c1ccc(NC(=O)c2sc3cc(OC)ccc3c2Cl)cc1. The Morgan fingerprint density at radius 3 is 2.52 bits per heavy atom. The zero-order chi connectivity index (χ0) is 20.8. The summed E-state index contributed by atoms with van der Waals surface area (Å²) in [5.41, 5.74) is 1.10. The summed E-state index contributed by atoms with van der Waals surface area (Å²) >= 11 is 7.70. The smallest absolute Gasteiger partial charge is 0.267 e. The Morgan fingerprint density at radius 2 is 1.83 bits per heavy atom. The van der Waals surface area contributed by atoms with Gasteiger partial charge in [0, 0.05) is 41.6 Å². The monoisotopic (exact) mass is 432 g/mol. The number of nitrogens with one attached hydrogen (secondary N) is 2. The highest BCUT2D eigenvalue weighted by Gasteiger charge is 2.18. The minimum atomic E-state index is -0.299. The van der Waals surface area contributed by atoms with Crippen molar-refractivity contribution in [1.29, 1.82) is 0 Å². The van der Waals surface area contributed by atoms with E-state index in [9.17, 15) is 9.59 Å². The van der Waals surface area contributed by atoms with E-state index in [1.54, 1.807) is 38.5 Å². The molecule has 2 aromatic carbocycles. The molecular weight excluding hydrogens is 412 g/mol. The first kappa shape index (κ1) is 21.1. The molecule has 3 rings (SSSR count). The number of anilines is 1. The van der Waals surface area contributed by atoms with Gasteiger partial charge in [-0.2, -0.15) is 0 Å². The van der Waals surface area contributed by atoms with Gasteiger partial charge in [-0.3, -0.25) is 9.59 Å². The van der Waals surface area contributed by atoms with Gasteiger partial charge in [-0.15, -0.1) is 11.3 Å². The number of hydrogen-bond acceptors (Lipinski definition) is 5. The fourth-order valence-corrected chi connectivity index (χ4v) is 4.17. The van der Waals surface area contributed by atoms with Crippen LogP contribution < -0.4 is 15.4 Å². The molecule has 0 spiro atoms. The van der Waals surface area contributed by atoms with Crippen LogP contribution in [0.3, 0.4) is 0 Å². The molecule has 152 valence electrons. The number of amides is 2. The standard InChI is InChI=1S/C21H21ClN2O4S/c1-27-11-3-10-23-20(25)13-4-6-14(7-5-13)24-21(26)19-18(22)16-9-8-15(28-2)12-17(16)29-19/h4-9,12H,3,10-11H2,1-2H3,(H,23,25)(H,24,26). The van der Waals surface area contributed by atoms with Crippen molar-refractivity contribution in [3.63, 3.8) is 0 Å². The number of carbonyl (C=O) groups is 2. The lowest BCUT2D eigenvalue weighted by Gasteiger charge is -2.07. The topological polar surface area (TPSA) is 76.7 Å². The third-order valence-electron chi connectivity index (χ3n) is 4.26. The van der Waals surface area contributed by atoms with Crippen molar-refractivity contribution in [1.82, 2.24) is 5.32 Å². The molecule has 1 aromatic heterocycles. The molecule has 0 unspecified atom stereocenters. The lowest BCUT2D eigenvalue weighted by atomic mass is 10.2. The third kappa shape index (κ3) is 5.06. The number of benzene rings is 2. The molecule has 0 aliphatic rings. The molecule has 0 radical (unpaired) electrons. The van der Waals surface area contributed by atoms with Crippen molar-refractivity contribution in [2.45, 2.75) is 6.42 Å². The number of carbonyl (C=O) groups excluding carboxylic acids is 2. The highest BCUT2D eigenvalue weighted by Crippen LogP contribution is 2.37. The lowest BCUT2D eigenvalue weighted by Crippen LogP contribution is -2.25. The molecule has 1 heterocycles. The Kier molecular flexibility index (Phi) is 7.09. The second-order valence-corrected chi connectivity index (χ2v) is 7.67.